The number of nitrogens with one attached hydrogen (secondary N) is 1. The highest BCUT2D eigenvalue weighted by Crippen LogP contribution is 2.20. The average Bonchev–Trinajstić information content (AvgIpc) is 2.83. The summed E-state index contributed by atoms with van der Waals surface area (Å²) >= 11 is 5.48. The molecule has 3 nitrogen and oxygen atoms in total. The van der Waals surface area contributed by atoms with Gasteiger partial charge in [-0.15, -0.1) is 11.3 Å². The van der Waals surface area contributed by atoms with Gasteiger partial charge in [-0.25, -0.2) is 0 Å². The van der Waals surface area contributed by atoms with Crippen LogP contribution in [-0.2, 0) is 20.0 Å². The highest BCUT2D eigenvalue weighted by molar-refractivity contribution is 9.10. The number of aryl methyl sites for hydroxylation is 3. The van der Waals surface area contributed by atoms with Crippen molar-refractivity contribution in [1.82, 2.24) is 15.1 Å². The maximum atomic E-state index is 4.41. The maximum absolute atomic E-state index is 4.41. The van der Waals surface area contributed by atoms with E-state index in [-0.39, 0.29) is 0 Å². The molecular weight excluding hydrogens is 322 g/mol. The van der Waals surface area contributed by atoms with Crippen molar-refractivity contribution >= 4 is 27.3 Å². The average molecular weight is 342 g/mol. The van der Waals surface area contributed by atoms with Crippen LogP contribution < -0.4 is 5.32 Å². The molecule has 1 N–H and O–H groups in total. The van der Waals surface area contributed by atoms with Crippen molar-refractivity contribution in [1.29, 1.82) is 0 Å². The number of rotatable bonds is 5. The minimum Gasteiger partial charge on any atom is -0.308 e. The molecule has 0 aliphatic rings. The molecule has 2 aromatic heterocycles. The van der Waals surface area contributed by atoms with Gasteiger partial charge in [-0.2, -0.15) is 5.10 Å². The summed E-state index contributed by atoms with van der Waals surface area (Å²) in [5.41, 5.74) is 2.24. The van der Waals surface area contributed by atoms with E-state index in [2.05, 4.69) is 52.3 Å². The van der Waals surface area contributed by atoms with Crippen molar-refractivity contribution in [2.45, 2.75) is 39.8 Å². The van der Waals surface area contributed by atoms with Gasteiger partial charge in [-0.1, -0.05) is 0 Å². The Morgan fingerprint density at radius 1 is 1.42 bits per heavy atom. The lowest BCUT2D eigenvalue weighted by Gasteiger charge is -2.13. The summed E-state index contributed by atoms with van der Waals surface area (Å²) in [5.74, 6) is 0. The van der Waals surface area contributed by atoms with Crippen molar-refractivity contribution in [2.75, 3.05) is 0 Å². The molecule has 0 saturated carbocycles. The van der Waals surface area contributed by atoms with E-state index in [1.165, 1.54) is 15.4 Å². The van der Waals surface area contributed by atoms with Crippen LogP contribution >= 0.6 is 27.3 Å². The summed E-state index contributed by atoms with van der Waals surface area (Å²) in [5, 5.41) is 7.98. The van der Waals surface area contributed by atoms with E-state index >= 15 is 0 Å². The van der Waals surface area contributed by atoms with E-state index in [1.807, 2.05) is 30.0 Å². The third kappa shape index (κ3) is 3.68. The molecule has 1 atom stereocenters. The van der Waals surface area contributed by atoms with Crippen molar-refractivity contribution < 1.29 is 0 Å². The second kappa shape index (κ2) is 6.20. The van der Waals surface area contributed by atoms with Gasteiger partial charge in [0.1, 0.15) is 0 Å². The highest BCUT2D eigenvalue weighted by Gasteiger charge is 2.12. The Morgan fingerprint density at radius 3 is 2.68 bits per heavy atom. The first kappa shape index (κ1) is 14.8. The summed E-state index contributed by atoms with van der Waals surface area (Å²) in [7, 11) is 1.99. The molecule has 104 valence electrons. The summed E-state index contributed by atoms with van der Waals surface area (Å²) in [6.07, 6.45) is 1.08. The molecule has 1 unspecified atom stereocenters. The van der Waals surface area contributed by atoms with Gasteiger partial charge < -0.3 is 5.32 Å². The summed E-state index contributed by atoms with van der Waals surface area (Å²) in [6, 6.07) is 4.87. The lowest BCUT2D eigenvalue weighted by Crippen LogP contribution is -2.28. The second-order valence-electron chi connectivity index (χ2n) is 4.97. The van der Waals surface area contributed by atoms with Gasteiger partial charge in [0.25, 0.3) is 0 Å². The SMILES string of the molecule is Cc1ccc(CC(C)NCc2c(Br)c(C)nn2C)s1. The topological polar surface area (TPSA) is 29.9 Å². The van der Waals surface area contributed by atoms with E-state index in [0.717, 1.165) is 23.1 Å². The van der Waals surface area contributed by atoms with Crippen LogP contribution in [0.1, 0.15) is 28.1 Å². The Bertz CT molecular complexity index is 559. The molecule has 0 saturated heterocycles. The van der Waals surface area contributed by atoms with E-state index in [0.29, 0.717) is 6.04 Å². The zero-order valence-electron chi connectivity index (χ0n) is 11.8. The lowest BCUT2D eigenvalue weighted by molar-refractivity contribution is 0.527. The maximum Gasteiger partial charge on any atom is 0.0739 e. The molecule has 0 fully saturated rings. The molecular formula is C14H20BrN3S. The molecule has 0 aliphatic carbocycles. The molecule has 2 heterocycles. The molecule has 19 heavy (non-hydrogen) atoms. The third-order valence-corrected chi connectivity index (χ3v) is 5.24. The number of thiophene rings is 1. The minimum absolute atomic E-state index is 0.458. The zero-order valence-corrected chi connectivity index (χ0v) is 14.2. The van der Waals surface area contributed by atoms with Crippen molar-refractivity contribution in [3.8, 4) is 0 Å². The number of hydrogen-bond acceptors (Lipinski definition) is 3. The van der Waals surface area contributed by atoms with Crippen LogP contribution in [0.5, 0.6) is 0 Å². The first-order valence-electron chi connectivity index (χ1n) is 6.44. The fourth-order valence-corrected chi connectivity index (χ4v) is 3.61. The third-order valence-electron chi connectivity index (χ3n) is 3.18. The smallest absolute Gasteiger partial charge is 0.0739 e. The van der Waals surface area contributed by atoms with Gasteiger partial charge in [0.05, 0.1) is 15.9 Å². The number of halogens is 1. The van der Waals surface area contributed by atoms with Crippen molar-refractivity contribution in [3.63, 3.8) is 0 Å². The van der Waals surface area contributed by atoms with Gasteiger partial charge in [0, 0.05) is 29.4 Å². The standard InChI is InChI=1S/C14H20BrN3S/c1-9(7-12-6-5-10(2)19-12)16-8-13-14(15)11(3)17-18(13)4/h5-6,9,16H,7-8H2,1-4H3. The first-order valence-corrected chi connectivity index (χ1v) is 8.05. The molecule has 0 radical (unpaired) electrons. The molecule has 0 spiro atoms. The number of aromatic nitrogens is 2. The Balaban J connectivity index is 1.91. The van der Waals surface area contributed by atoms with Gasteiger partial charge in [0.2, 0.25) is 0 Å². The highest BCUT2D eigenvalue weighted by atomic mass is 79.9. The summed E-state index contributed by atoms with van der Waals surface area (Å²) in [6.45, 7) is 7.24. The van der Waals surface area contributed by atoms with Crippen LogP contribution in [0.15, 0.2) is 16.6 Å². The Hall–Kier alpha value is -0.650. The van der Waals surface area contributed by atoms with Crippen molar-refractivity contribution in [2.24, 2.45) is 7.05 Å². The van der Waals surface area contributed by atoms with Crippen LogP contribution in [0.4, 0.5) is 0 Å². The van der Waals surface area contributed by atoms with E-state index < -0.39 is 0 Å². The van der Waals surface area contributed by atoms with Crippen LogP contribution in [0.2, 0.25) is 0 Å². The fourth-order valence-electron chi connectivity index (χ4n) is 2.11. The van der Waals surface area contributed by atoms with E-state index in [1.54, 1.807) is 0 Å². The predicted molar refractivity (Wildman–Crippen MR) is 84.7 cm³/mol. The molecule has 2 aromatic rings. The van der Waals surface area contributed by atoms with E-state index in [4.69, 9.17) is 0 Å². The van der Waals surface area contributed by atoms with E-state index in [9.17, 15) is 0 Å². The summed E-state index contributed by atoms with van der Waals surface area (Å²) in [4.78, 5) is 2.82. The van der Waals surface area contributed by atoms with Crippen molar-refractivity contribution in [3.05, 3.63) is 37.7 Å². The van der Waals surface area contributed by atoms with Gasteiger partial charge in [-0.3, -0.25) is 4.68 Å². The van der Waals surface area contributed by atoms with Crippen LogP contribution in [-0.4, -0.2) is 15.8 Å². The molecule has 0 amide bonds. The normalized spacial score (nSPS) is 12.9. The Morgan fingerprint density at radius 2 is 2.16 bits per heavy atom. The van der Waals surface area contributed by atoms with Gasteiger partial charge in [-0.05, 0) is 55.3 Å². The monoisotopic (exact) mass is 341 g/mol. The molecule has 5 heteroatoms. The number of hydrogen-bond donors (Lipinski definition) is 1. The summed E-state index contributed by atoms with van der Waals surface area (Å²) < 4.78 is 3.05. The molecule has 2 rings (SSSR count). The quantitative estimate of drug-likeness (QED) is 0.900. The molecule has 0 bridgehead atoms. The minimum atomic E-state index is 0.458. The predicted octanol–water partition coefficient (Wildman–Crippen LogP) is 3.58. The van der Waals surface area contributed by atoms with Gasteiger partial charge in [0.15, 0.2) is 0 Å². The van der Waals surface area contributed by atoms with Crippen LogP contribution in [0, 0.1) is 13.8 Å². The van der Waals surface area contributed by atoms with Crippen LogP contribution in [0.3, 0.4) is 0 Å². The number of nitrogens with zero attached hydrogens (tertiary/aromatic N) is 2. The Kier molecular flexibility index (Phi) is 4.81. The molecule has 0 aliphatic heterocycles. The Labute approximate surface area is 127 Å². The lowest BCUT2D eigenvalue weighted by atomic mass is 10.2. The van der Waals surface area contributed by atoms with Crippen LogP contribution in [0.25, 0.3) is 0 Å². The largest absolute Gasteiger partial charge is 0.308 e. The first-order chi connectivity index (χ1) is 8.97. The molecule has 0 aromatic carbocycles. The van der Waals surface area contributed by atoms with Gasteiger partial charge >= 0.3 is 0 Å². The second-order valence-corrected chi connectivity index (χ2v) is 7.13. The fraction of sp³-hybridized carbons (Fsp3) is 0.500. The zero-order chi connectivity index (χ0) is 14.0.